The molecule has 4 rings (SSSR count). The van der Waals surface area contributed by atoms with E-state index in [1.807, 2.05) is 16.8 Å². The van der Waals surface area contributed by atoms with Gasteiger partial charge in [0, 0.05) is 42.5 Å². The molecule has 4 heterocycles. The molecule has 8 nitrogen and oxygen atoms in total. The third-order valence-corrected chi connectivity index (χ3v) is 8.52. The van der Waals surface area contributed by atoms with Gasteiger partial charge in [-0.25, -0.2) is 13.4 Å². The van der Waals surface area contributed by atoms with E-state index in [-0.39, 0.29) is 23.1 Å². The molecule has 0 spiro atoms. The minimum Gasteiger partial charge on any atom is -0.360 e. The van der Waals surface area contributed by atoms with E-state index in [4.69, 9.17) is 4.52 Å². The van der Waals surface area contributed by atoms with Crippen LogP contribution in [0.2, 0.25) is 0 Å². The number of aryl methyl sites for hydroxylation is 2. The first-order valence-corrected chi connectivity index (χ1v) is 12.3. The van der Waals surface area contributed by atoms with Crippen LogP contribution in [-0.2, 0) is 10.0 Å². The fourth-order valence-electron chi connectivity index (χ4n) is 3.36. The minimum atomic E-state index is -3.72. The van der Waals surface area contributed by atoms with Crippen molar-refractivity contribution in [1.29, 1.82) is 0 Å². The highest BCUT2D eigenvalue weighted by atomic mass is 32.2. The zero-order valence-electron chi connectivity index (χ0n) is 16.0. The number of hydrogen-bond acceptors (Lipinski definition) is 8. The van der Waals surface area contributed by atoms with Crippen molar-refractivity contribution < 1.29 is 17.7 Å². The van der Waals surface area contributed by atoms with Gasteiger partial charge in [-0.15, -0.1) is 11.3 Å². The summed E-state index contributed by atoms with van der Waals surface area (Å²) in [4.78, 5) is 19.2. The van der Waals surface area contributed by atoms with E-state index in [0.717, 1.165) is 10.6 Å². The van der Waals surface area contributed by atoms with Crippen LogP contribution in [0.4, 0.5) is 0 Å². The summed E-state index contributed by atoms with van der Waals surface area (Å²) in [6, 6.07) is 1.97. The molecule has 1 aliphatic heterocycles. The summed E-state index contributed by atoms with van der Waals surface area (Å²) in [5.74, 6) is 0.113. The van der Waals surface area contributed by atoms with E-state index in [1.165, 1.54) is 15.6 Å². The van der Waals surface area contributed by atoms with Crippen molar-refractivity contribution >= 4 is 38.6 Å². The van der Waals surface area contributed by atoms with Gasteiger partial charge in [0.2, 0.25) is 10.0 Å². The number of nitrogens with zero attached hydrogens (tertiary/aromatic N) is 4. The zero-order chi connectivity index (χ0) is 20.6. The van der Waals surface area contributed by atoms with Crippen LogP contribution in [0.5, 0.6) is 0 Å². The molecule has 154 valence electrons. The quantitative estimate of drug-likeness (QED) is 0.604. The molecule has 3 aromatic rings. The predicted octanol–water partition coefficient (Wildman–Crippen LogP) is 3.01. The summed E-state index contributed by atoms with van der Waals surface area (Å²) in [7, 11) is -3.72. The standard InChI is InChI=1S/C18H20N4O4S3/c1-12-16(13(2)26-20-12)29(24,25)22-6-3-5-21(7-8-22)18(23)15-11-28-17(19-15)14-4-9-27-10-14/h4,9-11H,3,5-8H2,1-2H3. The smallest absolute Gasteiger partial charge is 0.273 e. The Labute approximate surface area is 176 Å². The second kappa shape index (κ2) is 7.98. The molecule has 29 heavy (non-hydrogen) atoms. The van der Waals surface area contributed by atoms with Gasteiger partial charge in [-0.05, 0) is 31.7 Å². The number of thiazole rings is 1. The molecule has 0 unspecified atom stereocenters. The fraction of sp³-hybridized carbons (Fsp3) is 0.389. The number of amides is 1. The Morgan fingerprint density at radius 1 is 1.17 bits per heavy atom. The van der Waals surface area contributed by atoms with Crippen LogP contribution < -0.4 is 0 Å². The number of thiophene rings is 1. The predicted molar refractivity (Wildman–Crippen MR) is 111 cm³/mol. The second-order valence-corrected chi connectivity index (χ2v) is 10.3. The van der Waals surface area contributed by atoms with E-state index in [0.29, 0.717) is 37.4 Å². The molecule has 1 saturated heterocycles. The average molecular weight is 453 g/mol. The molecule has 0 saturated carbocycles. The van der Waals surface area contributed by atoms with E-state index < -0.39 is 10.0 Å². The summed E-state index contributed by atoms with van der Waals surface area (Å²) in [5, 5.41) is 10.3. The van der Waals surface area contributed by atoms with Gasteiger partial charge < -0.3 is 9.42 Å². The number of sulfonamides is 1. The van der Waals surface area contributed by atoms with Crippen molar-refractivity contribution in [2.75, 3.05) is 26.2 Å². The highest BCUT2D eigenvalue weighted by Crippen LogP contribution is 2.27. The first kappa shape index (κ1) is 20.2. The molecule has 0 N–H and O–H groups in total. The molecular weight excluding hydrogens is 432 g/mol. The largest absolute Gasteiger partial charge is 0.360 e. The first-order valence-electron chi connectivity index (χ1n) is 9.08. The Hall–Kier alpha value is -2.08. The lowest BCUT2D eigenvalue weighted by Gasteiger charge is -2.21. The van der Waals surface area contributed by atoms with Crippen LogP contribution in [0.3, 0.4) is 0 Å². The summed E-state index contributed by atoms with van der Waals surface area (Å²) >= 11 is 3.02. The SMILES string of the molecule is Cc1noc(C)c1S(=O)(=O)N1CCCN(C(=O)c2csc(-c3ccsc3)n2)CC1. The number of carbonyl (C=O) groups excluding carboxylic acids is 1. The lowest BCUT2D eigenvalue weighted by atomic mass is 10.3. The van der Waals surface area contributed by atoms with Gasteiger partial charge in [-0.2, -0.15) is 15.6 Å². The molecule has 0 atom stereocenters. The maximum absolute atomic E-state index is 13.0. The van der Waals surface area contributed by atoms with E-state index in [1.54, 1.807) is 35.5 Å². The molecular formula is C18H20N4O4S3. The zero-order valence-corrected chi connectivity index (χ0v) is 18.4. The fourth-order valence-corrected chi connectivity index (χ4v) is 6.63. The third kappa shape index (κ3) is 3.87. The van der Waals surface area contributed by atoms with Crippen LogP contribution in [0.1, 0.15) is 28.4 Å². The van der Waals surface area contributed by atoms with Crippen molar-refractivity contribution in [2.24, 2.45) is 0 Å². The van der Waals surface area contributed by atoms with E-state index >= 15 is 0 Å². The highest BCUT2D eigenvalue weighted by molar-refractivity contribution is 7.89. The van der Waals surface area contributed by atoms with Gasteiger partial charge in [0.25, 0.3) is 5.91 Å². The summed E-state index contributed by atoms with van der Waals surface area (Å²) in [6.07, 6.45) is 0.551. The number of aromatic nitrogens is 2. The van der Waals surface area contributed by atoms with Gasteiger partial charge in [0.1, 0.15) is 21.3 Å². The Balaban J connectivity index is 1.48. The molecule has 0 aromatic carbocycles. The Morgan fingerprint density at radius 2 is 2.00 bits per heavy atom. The van der Waals surface area contributed by atoms with Crippen LogP contribution in [0, 0.1) is 13.8 Å². The van der Waals surface area contributed by atoms with Gasteiger partial charge >= 0.3 is 0 Å². The van der Waals surface area contributed by atoms with Gasteiger partial charge in [-0.3, -0.25) is 4.79 Å². The molecule has 1 aliphatic rings. The summed E-state index contributed by atoms with van der Waals surface area (Å²) < 4.78 is 32.5. The molecule has 1 fully saturated rings. The first-order chi connectivity index (χ1) is 13.9. The summed E-state index contributed by atoms with van der Waals surface area (Å²) in [6.45, 7) is 4.57. The van der Waals surface area contributed by atoms with Crippen molar-refractivity contribution in [1.82, 2.24) is 19.3 Å². The monoisotopic (exact) mass is 452 g/mol. The molecule has 0 radical (unpaired) electrons. The maximum Gasteiger partial charge on any atom is 0.273 e. The van der Waals surface area contributed by atoms with Gasteiger partial charge in [-0.1, -0.05) is 5.16 Å². The number of hydrogen-bond donors (Lipinski definition) is 0. The van der Waals surface area contributed by atoms with Crippen LogP contribution in [0.15, 0.2) is 31.6 Å². The average Bonchev–Trinajstić information content (AvgIpc) is 3.39. The number of rotatable bonds is 4. The van der Waals surface area contributed by atoms with Gasteiger partial charge in [0.05, 0.1) is 0 Å². The Morgan fingerprint density at radius 3 is 2.69 bits per heavy atom. The lowest BCUT2D eigenvalue weighted by molar-refractivity contribution is 0.0759. The third-order valence-electron chi connectivity index (χ3n) is 4.80. The van der Waals surface area contributed by atoms with Gasteiger partial charge in [0.15, 0.2) is 5.76 Å². The molecule has 0 aliphatic carbocycles. The second-order valence-electron chi connectivity index (χ2n) is 6.75. The minimum absolute atomic E-state index is 0.122. The van der Waals surface area contributed by atoms with Crippen LogP contribution in [-0.4, -0.2) is 59.8 Å². The summed E-state index contributed by atoms with van der Waals surface area (Å²) in [5.41, 5.74) is 1.76. The number of carbonyl (C=O) groups is 1. The lowest BCUT2D eigenvalue weighted by Crippen LogP contribution is -2.37. The topological polar surface area (TPSA) is 96.6 Å². The maximum atomic E-state index is 13.0. The van der Waals surface area contributed by atoms with Crippen molar-refractivity contribution in [3.8, 4) is 10.6 Å². The molecule has 0 bridgehead atoms. The Bertz CT molecular complexity index is 1100. The van der Waals surface area contributed by atoms with Crippen molar-refractivity contribution in [2.45, 2.75) is 25.2 Å². The highest BCUT2D eigenvalue weighted by Gasteiger charge is 2.33. The molecule has 11 heteroatoms. The van der Waals surface area contributed by atoms with Crippen molar-refractivity contribution in [3.05, 3.63) is 39.4 Å². The van der Waals surface area contributed by atoms with Crippen LogP contribution >= 0.6 is 22.7 Å². The molecule has 1 amide bonds. The Kier molecular flexibility index (Phi) is 5.56. The van der Waals surface area contributed by atoms with E-state index in [2.05, 4.69) is 10.1 Å². The molecule has 3 aromatic heterocycles. The normalized spacial score (nSPS) is 16.1. The van der Waals surface area contributed by atoms with Crippen molar-refractivity contribution in [3.63, 3.8) is 0 Å². The van der Waals surface area contributed by atoms with E-state index in [9.17, 15) is 13.2 Å². The van der Waals surface area contributed by atoms with Crippen LogP contribution in [0.25, 0.3) is 10.6 Å².